The van der Waals surface area contributed by atoms with E-state index in [9.17, 15) is 4.79 Å². The maximum Gasteiger partial charge on any atom is 0.231 e. The molecule has 18 heavy (non-hydrogen) atoms. The minimum atomic E-state index is -0.336. The topological polar surface area (TPSA) is 46.3 Å². The van der Waals surface area contributed by atoms with Crippen LogP contribution < -0.4 is 5.73 Å². The number of primary amides is 1. The van der Waals surface area contributed by atoms with Crippen molar-refractivity contribution in [3.63, 3.8) is 0 Å². The van der Waals surface area contributed by atoms with E-state index in [2.05, 4.69) is 18.7 Å². The molecule has 0 fully saturated rings. The van der Waals surface area contributed by atoms with Crippen LogP contribution in [0.2, 0.25) is 0 Å². The van der Waals surface area contributed by atoms with Crippen molar-refractivity contribution in [2.24, 2.45) is 5.73 Å². The number of nitrogens with two attached hydrogens (primary N) is 1. The number of carbonyl (C=O) groups is 1. The molecule has 1 aromatic carbocycles. The molecular formula is C14H17ClN2O. The van der Waals surface area contributed by atoms with Gasteiger partial charge in [0, 0.05) is 17.6 Å². The van der Waals surface area contributed by atoms with Gasteiger partial charge in [-0.05, 0) is 24.0 Å². The van der Waals surface area contributed by atoms with Crippen LogP contribution in [0.4, 0.5) is 0 Å². The van der Waals surface area contributed by atoms with Crippen molar-refractivity contribution >= 4 is 17.5 Å². The van der Waals surface area contributed by atoms with E-state index in [0.29, 0.717) is 11.6 Å². The van der Waals surface area contributed by atoms with Gasteiger partial charge in [0.15, 0.2) is 0 Å². The Morgan fingerprint density at radius 2 is 2.17 bits per heavy atom. The number of carbonyl (C=O) groups excluding carboxylic acids is 1. The molecule has 1 amide bonds. The van der Waals surface area contributed by atoms with Crippen LogP contribution in [0.3, 0.4) is 0 Å². The average Bonchev–Trinajstić information content (AvgIpc) is 2.70. The zero-order chi connectivity index (χ0) is 13.1. The predicted octanol–water partition coefficient (Wildman–Crippen LogP) is 2.21. The average molecular weight is 265 g/mol. The maximum absolute atomic E-state index is 11.2. The van der Waals surface area contributed by atoms with Gasteiger partial charge in [0.25, 0.3) is 0 Å². The summed E-state index contributed by atoms with van der Waals surface area (Å²) >= 11 is 5.87. The third-order valence-electron chi connectivity index (χ3n) is 3.28. The number of amides is 1. The summed E-state index contributed by atoms with van der Waals surface area (Å²) in [6.07, 6.45) is 2.03. The number of nitrogens with zero attached hydrogens (tertiary/aromatic N) is 1. The van der Waals surface area contributed by atoms with Gasteiger partial charge in [-0.25, -0.2) is 0 Å². The Morgan fingerprint density at radius 1 is 1.44 bits per heavy atom. The molecule has 1 aliphatic rings. The Balaban J connectivity index is 2.21. The van der Waals surface area contributed by atoms with Crippen LogP contribution in [0.15, 0.2) is 35.9 Å². The largest absolute Gasteiger partial charge is 0.369 e. The summed E-state index contributed by atoms with van der Waals surface area (Å²) in [5, 5.41) is 0.528. The molecule has 2 N–H and O–H groups in total. The molecule has 0 saturated heterocycles. The first-order valence-corrected chi connectivity index (χ1v) is 6.39. The second kappa shape index (κ2) is 5.55. The molecule has 1 aliphatic carbocycles. The van der Waals surface area contributed by atoms with Crippen LogP contribution in [0.1, 0.15) is 23.6 Å². The molecule has 0 aromatic heterocycles. The first kappa shape index (κ1) is 13.1. The van der Waals surface area contributed by atoms with Gasteiger partial charge in [0.1, 0.15) is 0 Å². The number of hydrogen-bond donors (Lipinski definition) is 1. The molecule has 0 bridgehead atoms. The van der Waals surface area contributed by atoms with Crippen LogP contribution in [0.25, 0.3) is 0 Å². The van der Waals surface area contributed by atoms with Gasteiger partial charge in [-0.3, -0.25) is 9.69 Å². The number of fused-ring (bicyclic) bond motifs is 1. The molecule has 1 aromatic rings. The lowest BCUT2D eigenvalue weighted by Gasteiger charge is -2.28. The normalized spacial score (nSPS) is 17.8. The minimum absolute atomic E-state index is 0.212. The van der Waals surface area contributed by atoms with Gasteiger partial charge in [-0.1, -0.05) is 42.4 Å². The number of benzene rings is 1. The van der Waals surface area contributed by atoms with Gasteiger partial charge >= 0.3 is 0 Å². The molecule has 1 atom stereocenters. The first-order valence-electron chi connectivity index (χ1n) is 6.01. The first-order chi connectivity index (χ1) is 8.58. The molecular weight excluding hydrogens is 248 g/mol. The van der Waals surface area contributed by atoms with Gasteiger partial charge < -0.3 is 5.73 Å². The number of aryl methyl sites for hydroxylation is 1. The second-order valence-corrected chi connectivity index (χ2v) is 5.18. The van der Waals surface area contributed by atoms with E-state index in [1.165, 1.54) is 11.1 Å². The SMILES string of the molecule is C=C(Cl)CN(CC(N)=O)[C@@H]1CCc2ccccc21. The van der Waals surface area contributed by atoms with E-state index in [0.717, 1.165) is 12.8 Å². The highest BCUT2D eigenvalue weighted by Crippen LogP contribution is 2.35. The van der Waals surface area contributed by atoms with Crippen molar-refractivity contribution in [1.82, 2.24) is 4.90 Å². The van der Waals surface area contributed by atoms with Crippen LogP contribution in [0, 0.1) is 0 Å². The summed E-state index contributed by atoms with van der Waals surface area (Å²) < 4.78 is 0. The van der Waals surface area contributed by atoms with Crippen molar-refractivity contribution < 1.29 is 4.79 Å². The van der Waals surface area contributed by atoms with Gasteiger partial charge in [-0.2, -0.15) is 0 Å². The van der Waals surface area contributed by atoms with E-state index in [4.69, 9.17) is 17.3 Å². The lowest BCUT2D eigenvalue weighted by Crippen LogP contribution is -2.36. The summed E-state index contributed by atoms with van der Waals surface area (Å²) in [5.41, 5.74) is 7.92. The van der Waals surface area contributed by atoms with Crippen LogP contribution in [0.5, 0.6) is 0 Å². The molecule has 2 rings (SSSR count). The number of rotatable bonds is 5. The van der Waals surface area contributed by atoms with E-state index >= 15 is 0 Å². The summed E-state index contributed by atoms with van der Waals surface area (Å²) in [5.74, 6) is -0.336. The molecule has 3 nitrogen and oxygen atoms in total. The monoisotopic (exact) mass is 264 g/mol. The minimum Gasteiger partial charge on any atom is -0.369 e. The zero-order valence-electron chi connectivity index (χ0n) is 10.2. The third-order valence-corrected chi connectivity index (χ3v) is 3.40. The lowest BCUT2D eigenvalue weighted by molar-refractivity contribution is -0.119. The molecule has 4 heteroatoms. The summed E-state index contributed by atoms with van der Waals surface area (Å²) in [7, 11) is 0. The molecule has 0 spiro atoms. The maximum atomic E-state index is 11.2. The van der Waals surface area contributed by atoms with Crippen molar-refractivity contribution in [1.29, 1.82) is 0 Å². The summed E-state index contributed by atoms with van der Waals surface area (Å²) in [6, 6.07) is 8.52. The Kier molecular flexibility index (Phi) is 4.04. The molecule has 0 radical (unpaired) electrons. The fourth-order valence-electron chi connectivity index (χ4n) is 2.61. The van der Waals surface area contributed by atoms with Gasteiger partial charge in [0.05, 0.1) is 6.54 Å². The standard InChI is InChI=1S/C14H17ClN2O/c1-10(15)8-17(9-14(16)18)13-7-6-11-4-2-3-5-12(11)13/h2-5,13H,1,6-9H2,(H2,16,18)/t13-/m1/s1. The Labute approximate surface area is 112 Å². The molecule has 0 unspecified atom stereocenters. The number of halogens is 1. The smallest absolute Gasteiger partial charge is 0.231 e. The lowest BCUT2D eigenvalue weighted by atomic mass is 10.1. The predicted molar refractivity (Wildman–Crippen MR) is 73.3 cm³/mol. The van der Waals surface area contributed by atoms with E-state index in [-0.39, 0.29) is 18.5 Å². The Hall–Kier alpha value is -1.32. The summed E-state index contributed by atoms with van der Waals surface area (Å²) in [6.45, 7) is 4.40. The Bertz CT molecular complexity index is 457. The molecule has 0 aliphatic heterocycles. The highest BCUT2D eigenvalue weighted by atomic mass is 35.5. The highest BCUT2D eigenvalue weighted by molar-refractivity contribution is 6.29. The van der Waals surface area contributed by atoms with Crippen LogP contribution >= 0.6 is 11.6 Å². The highest BCUT2D eigenvalue weighted by Gasteiger charge is 2.28. The van der Waals surface area contributed by atoms with E-state index < -0.39 is 0 Å². The molecule has 0 heterocycles. The van der Waals surface area contributed by atoms with E-state index in [1.807, 2.05) is 17.0 Å². The fraction of sp³-hybridized carbons (Fsp3) is 0.357. The van der Waals surface area contributed by atoms with E-state index in [1.54, 1.807) is 0 Å². The van der Waals surface area contributed by atoms with Crippen molar-refractivity contribution in [2.45, 2.75) is 18.9 Å². The van der Waals surface area contributed by atoms with Gasteiger partial charge in [0.2, 0.25) is 5.91 Å². The number of hydrogen-bond acceptors (Lipinski definition) is 2. The van der Waals surface area contributed by atoms with Crippen molar-refractivity contribution in [3.8, 4) is 0 Å². The van der Waals surface area contributed by atoms with Gasteiger partial charge in [-0.15, -0.1) is 0 Å². The molecule has 96 valence electrons. The third kappa shape index (κ3) is 2.92. The summed E-state index contributed by atoms with van der Waals surface area (Å²) in [4.78, 5) is 13.2. The zero-order valence-corrected chi connectivity index (χ0v) is 11.0. The van der Waals surface area contributed by atoms with Crippen molar-refractivity contribution in [3.05, 3.63) is 47.0 Å². The van der Waals surface area contributed by atoms with Crippen molar-refractivity contribution in [2.75, 3.05) is 13.1 Å². The fourth-order valence-corrected chi connectivity index (χ4v) is 2.76. The quantitative estimate of drug-likeness (QED) is 0.886. The Morgan fingerprint density at radius 3 is 2.83 bits per heavy atom. The van der Waals surface area contributed by atoms with Crippen LogP contribution in [-0.2, 0) is 11.2 Å². The second-order valence-electron chi connectivity index (χ2n) is 4.64. The molecule has 0 saturated carbocycles. The van der Waals surface area contributed by atoms with Crippen LogP contribution in [-0.4, -0.2) is 23.9 Å².